The van der Waals surface area contributed by atoms with Gasteiger partial charge in [0, 0.05) is 32.1 Å². The van der Waals surface area contributed by atoms with Crippen LogP contribution < -0.4 is 11.0 Å². The van der Waals surface area contributed by atoms with Crippen LogP contribution in [0.2, 0.25) is 0 Å². The zero-order chi connectivity index (χ0) is 20.5. The van der Waals surface area contributed by atoms with Crippen molar-refractivity contribution in [1.82, 2.24) is 29.4 Å². The van der Waals surface area contributed by atoms with Crippen LogP contribution in [-0.2, 0) is 25.7 Å². The number of nitrogens with one attached hydrogen (secondary N) is 1. The maximum atomic E-state index is 13.3. The molecule has 0 fully saturated rings. The number of hydrogen-bond donors (Lipinski definition) is 1. The molecule has 11 heteroatoms. The van der Waals surface area contributed by atoms with Crippen LogP contribution in [0.15, 0.2) is 11.0 Å². The third-order valence-electron chi connectivity index (χ3n) is 4.66. The topological polar surface area (TPSA) is 86.7 Å². The summed E-state index contributed by atoms with van der Waals surface area (Å²) in [4.78, 5) is 24.5. The van der Waals surface area contributed by atoms with Gasteiger partial charge in [-0.1, -0.05) is 0 Å². The van der Waals surface area contributed by atoms with Gasteiger partial charge < -0.3 is 5.32 Å². The molecule has 3 heterocycles. The summed E-state index contributed by atoms with van der Waals surface area (Å²) < 4.78 is 43.8. The van der Waals surface area contributed by atoms with Crippen LogP contribution in [0.25, 0.3) is 0 Å². The molecule has 0 bridgehead atoms. The summed E-state index contributed by atoms with van der Waals surface area (Å²) in [6.45, 7) is 4.19. The summed E-state index contributed by atoms with van der Waals surface area (Å²) in [7, 11) is 0. The molecular formula is C17H23F3N6O2. The first-order valence-electron chi connectivity index (χ1n) is 9.29. The lowest BCUT2D eigenvalue weighted by molar-refractivity contribution is -0.145. The summed E-state index contributed by atoms with van der Waals surface area (Å²) in [5.41, 5.74) is -1.74. The van der Waals surface area contributed by atoms with E-state index in [1.54, 1.807) is 18.4 Å². The number of hydrogen-bond acceptors (Lipinski definition) is 4. The van der Waals surface area contributed by atoms with Crippen LogP contribution in [0.3, 0.4) is 0 Å². The Balaban J connectivity index is 1.61. The van der Waals surface area contributed by atoms with E-state index in [2.05, 4.69) is 15.5 Å². The lowest BCUT2D eigenvalue weighted by Crippen LogP contribution is -2.30. The second-order valence-electron chi connectivity index (χ2n) is 7.08. The number of halogens is 3. The summed E-state index contributed by atoms with van der Waals surface area (Å²) >= 11 is 0. The Bertz CT molecular complexity index is 909. The molecule has 0 aromatic carbocycles. The fourth-order valence-corrected chi connectivity index (χ4v) is 3.32. The lowest BCUT2D eigenvalue weighted by Gasteiger charge is -2.15. The van der Waals surface area contributed by atoms with E-state index in [9.17, 15) is 22.8 Å². The van der Waals surface area contributed by atoms with E-state index in [4.69, 9.17) is 0 Å². The molecular weight excluding hydrogens is 377 g/mol. The van der Waals surface area contributed by atoms with Gasteiger partial charge in [-0.25, -0.2) is 9.48 Å². The molecule has 0 unspecified atom stereocenters. The second-order valence-corrected chi connectivity index (χ2v) is 7.08. The smallest absolute Gasteiger partial charge is 0.352 e. The van der Waals surface area contributed by atoms with Gasteiger partial charge in [0.2, 0.25) is 0 Å². The van der Waals surface area contributed by atoms with E-state index in [-0.39, 0.29) is 18.8 Å². The average Bonchev–Trinajstić information content (AvgIpc) is 3.21. The van der Waals surface area contributed by atoms with Gasteiger partial charge in [0.25, 0.3) is 5.91 Å². The quantitative estimate of drug-likeness (QED) is 0.752. The molecule has 1 amide bonds. The molecule has 28 heavy (non-hydrogen) atoms. The molecule has 2 aromatic heterocycles. The van der Waals surface area contributed by atoms with Gasteiger partial charge in [0.15, 0.2) is 5.69 Å². The van der Waals surface area contributed by atoms with Crippen molar-refractivity contribution in [3.05, 3.63) is 33.8 Å². The van der Waals surface area contributed by atoms with E-state index in [0.29, 0.717) is 13.0 Å². The summed E-state index contributed by atoms with van der Waals surface area (Å²) in [6, 6.07) is -0.531. The van der Waals surface area contributed by atoms with Crippen molar-refractivity contribution in [3.63, 3.8) is 0 Å². The Morgan fingerprint density at radius 3 is 2.71 bits per heavy atom. The number of aryl methyl sites for hydroxylation is 2. The lowest BCUT2D eigenvalue weighted by atomic mass is 10.2. The molecule has 8 nitrogen and oxygen atoms in total. The zero-order valence-corrected chi connectivity index (χ0v) is 15.8. The Morgan fingerprint density at radius 2 is 2.07 bits per heavy atom. The van der Waals surface area contributed by atoms with Crippen molar-refractivity contribution in [2.45, 2.75) is 64.8 Å². The molecule has 154 valence electrons. The van der Waals surface area contributed by atoms with Crippen LogP contribution in [0, 0.1) is 0 Å². The van der Waals surface area contributed by atoms with E-state index in [0.717, 1.165) is 36.0 Å². The fourth-order valence-electron chi connectivity index (χ4n) is 3.32. The number of alkyl halides is 3. The van der Waals surface area contributed by atoms with E-state index >= 15 is 0 Å². The first-order valence-corrected chi connectivity index (χ1v) is 9.29. The molecule has 0 saturated carbocycles. The van der Waals surface area contributed by atoms with Gasteiger partial charge in [0.05, 0.1) is 11.8 Å². The van der Waals surface area contributed by atoms with Crippen molar-refractivity contribution >= 4 is 5.91 Å². The molecule has 0 spiro atoms. The van der Waals surface area contributed by atoms with Gasteiger partial charge >= 0.3 is 11.9 Å². The number of carbonyl (C=O) groups excluding carboxylic acids is 1. The van der Waals surface area contributed by atoms with Crippen LogP contribution in [-0.4, -0.2) is 36.6 Å². The van der Waals surface area contributed by atoms with Crippen LogP contribution in [0.4, 0.5) is 13.2 Å². The fraction of sp³-hybridized carbons (Fsp3) is 0.647. The number of carbonyl (C=O) groups is 1. The Hall–Kier alpha value is -2.59. The molecule has 1 aliphatic rings. The van der Waals surface area contributed by atoms with Crippen LogP contribution in [0.1, 0.15) is 61.0 Å². The minimum atomic E-state index is -4.68. The maximum Gasteiger partial charge on any atom is 0.433 e. The standard InChI is InChI=1S/C17H23F3N6O2/c1-11(2)26-14(17(18,19)20)12(10-22-26)15(27)21-7-5-9-25-16(28)24-8-4-3-6-13(24)23-25/h10-11H,3-9H2,1-2H3,(H,21,27). The monoisotopic (exact) mass is 400 g/mol. The van der Waals surface area contributed by atoms with Crippen molar-refractivity contribution in [3.8, 4) is 0 Å². The normalized spacial score (nSPS) is 14.4. The number of aromatic nitrogens is 5. The van der Waals surface area contributed by atoms with Gasteiger partial charge in [-0.15, -0.1) is 0 Å². The van der Waals surface area contributed by atoms with Crippen molar-refractivity contribution in [2.75, 3.05) is 6.54 Å². The number of nitrogens with zero attached hydrogens (tertiary/aromatic N) is 5. The molecule has 1 N–H and O–H groups in total. The molecule has 0 radical (unpaired) electrons. The van der Waals surface area contributed by atoms with Gasteiger partial charge in [-0.2, -0.15) is 23.4 Å². The third kappa shape index (κ3) is 3.97. The maximum absolute atomic E-state index is 13.3. The number of rotatable bonds is 6. The van der Waals surface area contributed by atoms with Gasteiger partial charge in [0.1, 0.15) is 5.82 Å². The first kappa shape index (κ1) is 20.2. The Labute approximate surface area is 159 Å². The van der Waals surface area contributed by atoms with Crippen LogP contribution >= 0.6 is 0 Å². The van der Waals surface area contributed by atoms with Crippen molar-refractivity contribution in [2.24, 2.45) is 0 Å². The predicted octanol–water partition coefficient (Wildman–Crippen LogP) is 2.00. The molecule has 0 atom stereocenters. The highest BCUT2D eigenvalue weighted by molar-refractivity contribution is 5.95. The molecule has 2 aromatic rings. The first-order chi connectivity index (χ1) is 13.2. The third-order valence-corrected chi connectivity index (χ3v) is 4.66. The predicted molar refractivity (Wildman–Crippen MR) is 94.0 cm³/mol. The number of fused-ring (bicyclic) bond motifs is 1. The highest BCUT2D eigenvalue weighted by atomic mass is 19.4. The van der Waals surface area contributed by atoms with Crippen LogP contribution in [0.5, 0.6) is 0 Å². The highest BCUT2D eigenvalue weighted by Gasteiger charge is 2.40. The average molecular weight is 400 g/mol. The zero-order valence-electron chi connectivity index (χ0n) is 15.8. The van der Waals surface area contributed by atoms with E-state index in [1.807, 2.05) is 0 Å². The largest absolute Gasteiger partial charge is 0.433 e. The molecule has 3 rings (SSSR count). The highest BCUT2D eigenvalue weighted by Crippen LogP contribution is 2.33. The Morgan fingerprint density at radius 1 is 1.32 bits per heavy atom. The summed E-state index contributed by atoms with van der Waals surface area (Å²) in [5.74, 6) is -0.0769. The second kappa shape index (κ2) is 7.80. The molecule has 0 saturated heterocycles. The van der Waals surface area contributed by atoms with E-state index < -0.39 is 29.4 Å². The molecule has 1 aliphatic heterocycles. The SMILES string of the molecule is CC(C)n1ncc(C(=O)NCCCn2nc3n(c2=O)CCCC3)c1C(F)(F)F. The summed E-state index contributed by atoms with van der Waals surface area (Å²) in [6.07, 6.45) is -0.665. The van der Waals surface area contributed by atoms with Crippen molar-refractivity contribution < 1.29 is 18.0 Å². The Kier molecular flexibility index (Phi) is 5.61. The van der Waals surface area contributed by atoms with E-state index in [1.165, 1.54) is 4.68 Å². The minimum absolute atomic E-state index is 0.123. The number of amides is 1. The van der Waals surface area contributed by atoms with Crippen molar-refractivity contribution in [1.29, 1.82) is 0 Å². The summed E-state index contributed by atoms with van der Waals surface area (Å²) in [5, 5.41) is 10.5. The van der Waals surface area contributed by atoms with Gasteiger partial charge in [-0.3, -0.25) is 14.0 Å². The van der Waals surface area contributed by atoms with Gasteiger partial charge in [-0.05, 0) is 33.1 Å². The molecule has 0 aliphatic carbocycles. The minimum Gasteiger partial charge on any atom is -0.352 e.